The number of hydrogen-bond acceptors (Lipinski definition) is 2. The van der Waals surface area contributed by atoms with Crippen LogP contribution in [-0.2, 0) is 11.3 Å². The predicted octanol–water partition coefficient (Wildman–Crippen LogP) is 4.27. The number of methoxy groups -OCH3 is 1. The van der Waals surface area contributed by atoms with Crippen molar-refractivity contribution in [3.63, 3.8) is 0 Å². The fourth-order valence-electron chi connectivity index (χ4n) is 2.27. The first-order chi connectivity index (χ1) is 9.02. The number of rotatable bonds is 5. The molecule has 1 aromatic heterocycles. The van der Waals surface area contributed by atoms with Crippen LogP contribution in [0.2, 0.25) is 5.02 Å². The molecule has 0 N–H and O–H groups in total. The topological polar surface area (TPSA) is 27.1 Å². The van der Waals surface area contributed by atoms with E-state index in [0.717, 1.165) is 23.4 Å². The van der Waals surface area contributed by atoms with Crippen molar-refractivity contribution in [1.82, 2.24) is 9.55 Å². The van der Waals surface area contributed by atoms with Crippen molar-refractivity contribution in [2.45, 2.75) is 25.8 Å². The van der Waals surface area contributed by atoms with Gasteiger partial charge in [-0.05, 0) is 31.0 Å². The van der Waals surface area contributed by atoms with Crippen LogP contribution in [0.4, 0.5) is 0 Å². The molecule has 5 heteroatoms. The summed E-state index contributed by atoms with van der Waals surface area (Å²) < 4.78 is 7.36. The van der Waals surface area contributed by atoms with Crippen molar-refractivity contribution in [3.05, 3.63) is 29.0 Å². The highest BCUT2D eigenvalue weighted by Gasteiger charge is 2.16. The van der Waals surface area contributed by atoms with Crippen LogP contribution in [0, 0.1) is 5.92 Å². The third kappa shape index (κ3) is 3.22. The largest absolute Gasteiger partial charge is 0.384 e. The third-order valence-corrected chi connectivity index (χ3v) is 3.47. The lowest BCUT2D eigenvalue weighted by atomic mass is 10.2. The second-order valence-electron chi connectivity index (χ2n) is 4.89. The van der Waals surface area contributed by atoms with Gasteiger partial charge in [-0.1, -0.05) is 18.5 Å². The predicted molar refractivity (Wildman–Crippen MR) is 80.1 cm³/mol. The van der Waals surface area contributed by atoms with E-state index in [1.807, 2.05) is 25.1 Å². The molecular weight excluding hydrogens is 283 g/mol. The van der Waals surface area contributed by atoms with Crippen molar-refractivity contribution < 1.29 is 4.74 Å². The minimum absolute atomic E-state index is 0.138. The van der Waals surface area contributed by atoms with E-state index in [9.17, 15) is 0 Å². The monoisotopic (exact) mass is 300 g/mol. The molecule has 19 heavy (non-hydrogen) atoms. The first-order valence-corrected chi connectivity index (χ1v) is 7.13. The standard InChI is InChI=1S/C14H18Cl2N2O/c1-9(8-19-3)7-18-13-5-4-11(16)6-12(13)17-14(18)10(2)15/h4-6,9-10H,7-8H2,1-3H3. The lowest BCUT2D eigenvalue weighted by Gasteiger charge is -2.15. The summed E-state index contributed by atoms with van der Waals surface area (Å²) in [6.07, 6.45) is 0. The van der Waals surface area contributed by atoms with Gasteiger partial charge in [-0.3, -0.25) is 0 Å². The molecule has 2 aromatic rings. The van der Waals surface area contributed by atoms with Crippen LogP contribution in [0.3, 0.4) is 0 Å². The Balaban J connectivity index is 2.46. The molecule has 0 aliphatic carbocycles. The molecule has 0 radical (unpaired) electrons. The van der Waals surface area contributed by atoms with Gasteiger partial charge in [0.1, 0.15) is 5.82 Å². The average Bonchev–Trinajstić information content (AvgIpc) is 2.67. The number of nitrogens with zero attached hydrogens (tertiary/aromatic N) is 2. The summed E-state index contributed by atoms with van der Waals surface area (Å²) in [6.45, 7) is 5.62. The zero-order valence-electron chi connectivity index (χ0n) is 11.4. The van der Waals surface area contributed by atoms with E-state index in [2.05, 4.69) is 16.5 Å². The quantitative estimate of drug-likeness (QED) is 0.771. The van der Waals surface area contributed by atoms with Gasteiger partial charge < -0.3 is 9.30 Å². The molecule has 1 heterocycles. The van der Waals surface area contributed by atoms with Crippen LogP contribution in [0.25, 0.3) is 11.0 Å². The van der Waals surface area contributed by atoms with Crippen LogP contribution in [-0.4, -0.2) is 23.3 Å². The number of benzene rings is 1. The molecule has 0 amide bonds. The maximum atomic E-state index is 6.23. The molecule has 2 atom stereocenters. The fraction of sp³-hybridized carbons (Fsp3) is 0.500. The van der Waals surface area contributed by atoms with Gasteiger partial charge >= 0.3 is 0 Å². The molecule has 0 saturated carbocycles. The molecule has 0 bridgehead atoms. The van der Waals surface area contributed by atoms with Gasteiger partial charge in [0, 0.05) is 18.7 Å². The van der Waals surface area contributed by atoms with Crippen molar-refractivity contribution >= 4 is 34.2 Å². The highest BCUT2D eigenvalue weighted by atomic mass is 35.5. The van der Waals surface area contributed by atoms with Crippen LogP contribution >= 0.6 is 23.2 Å². The summed E-state index contributed by atoms with van der Waals surface area (Å²) in [6, 6.07) is 5.75. The summed E-state index contributed by atoms with van der Waals surface area (Å²) >= 11 is 12.2. The highest BCUT2D eigenvalue weighted by molar-refractivity contribution is 6.31. The van der Waals surface area contributed by atoms with E-state index in [1.54, 1.807) is 7.11 Å². The Kier molecular flexibility index (Phi) is 4.71. The molecule has 0 aliphatic rings. The molecule has 3 nitrogen and oxygen atoms in total. The summed E-state index contributed by atoms with van der Waals surface area (Å²) in [5.41, 5.74) is 1.95. The van der Waals surface area contributed by atoms with Crippen LogP contribution < -0.4 is 0 Å². The zero-order valence-corrected chi connectivity index (χ0v) is 12.9. The lowest BCUT2D eigenvalue weighted by molar-refractivity contribution is 0.151. The van der Waals surface area contributed by atoms with Crippen LogP contribution in [0.5, 0.6) is 0 Å². The Labute approximate surface area is 123 Å². The summed E-state index contributed by atoms with van der Waals surface area (Å²) in [5.74, 6) is 1.27. The van der Waals surface area contributed by atoms with Crippen molar-refractivity contribution in [1.29, 1.82) is 0 Å². The van der Waals surface area contributed by atoms with Crippen LogP contribution in [0.1, 0.15) is 25.0 Å². The molecule has 2 unspecified atom stereocenters. The molecule has 0 aliphatic heterocycles. The van der Waals surface area contributed by atoms with Gasteiger partial charge in [0.25, 0.3) is 0 Å². The number of aromatic nitrogens is 2. The maximum Gasteiger partial charge on any atom is 0.127 e. The molecule has 0 spiro atoms. The van der Waals surface area contributed by atoms with Gasteiger partial charge in [0.15, 0.2) is 0 Å². The van der Waals surface area contributed by atoms with Gasteiger partial charge in [0.2, 0.25) is 0 Å². The molecule has 0 fully saturated rings. The first-order valence-electron chi connectivity index (χ1n) is 6.31. The summed E-state index contributed by atoms with van der Waals surface area (Å²) in [4.78, 5) is 4.59. The van der Waals surface area contributed by atoms with Gasteiger partial charge in [-0.25, -0.2) is 4.98 Å². The Bertz CT molecular complexity index is 566. The zero-order chi connectivity index (χ0) is 14.0. The third-order valence-electron chi connectivity index (χ3n) is 3.04. The number of hydrogen-bond donors (Lipinski definition) is 0. The first kappa shape index (κ1) is 14.6. The Morgan fingerprint density at radius 2 is 2.11 bits per heavy atom. The lowest BCUT2D eigenvalue weighted by Crippen LogP contribution is -2.15. The second kappa shape index (κ2) is 6.12. The summed E-state index contributed by atoms with van der Waals surface area (Å²) in [7, 11) is 1.72. The van der Waals surface area contributed by atoms with E-state index < -0.39 is 0 Å². The van der Waals surface area contributed by atoms with Gasteiger partial charge in [0.05, 0.1) is 23.0 Å². The van der Waals surface area contributed by atoms with E-state index in [4.69, 9.17) is 27.9 Å². The SMILES string of the molecule is COCC(C)Cn1c(C(C)Cl)nc2cc(Cl)ccc21. The average molecular weight is 301 g/mol. The second-order valence-corrected chi connectivity index (χ2v) is 5.98. The maximum absolute atomic E-state index is 6.23. The molecule has 104 valence electrons. The highest BCUT2D eigenvalue weighted by Crippen LogP contribution is 2.27. The Hall–Kier alpha value is -0.770. The number of alkyl halides is 1. The fourth-order valence-corrected chi connectivity index (χ4v) is 2.60. The van der Waals surface area contributed by atoms with E-state index >= 15 is 0 Å². The van der Waals surface area contributed by atoms with E-state index in [0.29, 0.717) is 17.5 Å². The summed E-state index contributed by atoms with van der Waals surface area (Å²) in [5, 5.41) is 0.553. The molecule has 2 rings (SSSR count). The van der Waals surface area contributed by atoms with Crippen LogP contribution in [0.15, 0.2) is 18.2 Å². The minimum Gasteiger partial charge on any atom is -0.384 e. The minimum atomic E-state index is -0.138. The number of fused-ring (bicyclic) bond motifs is 1. The van der Waals surface area contributed by atoms with Crippen molar-refractivity contribution in [2.24, 2.45) is 5.92 Å². The molecular formula is C14H18Cl2N2O. The van der Waals surface area contributed by atoms with Gasteiger partial charge in [-0.15, -0.1) is 11.6 Å². The van der Waals surface area contributed by atoms with E-state index in [1.165, 1.54) is 0 Å². The van der Waals surface area contributed by atoms with Crippen molar-refractivity contribution in [2.75, 3.05) is 13.7 Å². The Morgan fingerprint density at radius 3 is 2.74 bits per heavy atom. The van der Waals surface area contributed by atoms with E-state index in [-0.39, 0.29) is 5.38 Å². The normalized spacial score (nSPS) is 14.8. The number of imidazole rings is 1. The smallest absolute Gasteiger partial charge is 0.127 e. The molecule has 0 saturated heterocycles. The molecule has 1 aromatic carbocycles. The number of halogens is 2. The van der Waals surface area contributed by atoms with Gasteiger partial charge in [-0.2, -0.15) is 0 Å². The Morgan fingerprint density at radius 1 is 1.37 bits per heavy atom. The number of ether oxygens (including phenoxy) is 1. The van der Waals surface area contributed by atoms with Crippen molar-refractivity contribution in [3.8, 4) is 0 Å².